The van der Waals surface area contributed by atoms with Crippen molar-refractivity contribution < 1.29 is 14.0 Å². The first kappa shape index (κ1) is 19.5. The predicted molar refractivity (Wildman–Crippen MR) is 107 cm³/mol. The topological polar surface area (TPSA) is 58.4 Å². The van der Waals surface area contributed by atoms with E-state index in [0.717, 1.165) is 29.1 Å². The minimum atomic E-state index is -1.10. The first-order chi connectivity index (χ1) is 12.0. The molecule has 2 aromatic rings. The molecule has 0 saturated carbocycles. The van der Waals surface area contributed by atoms with E-state index in [9.17, 15) is 0 Å². The van der Waals surface area contributed by atoms with Crippen LogP contribution in [0, 0.1) is 0 Å². The molecule has 0 bridgehead atoms. The number of ether oxygens (including phenoxy) is 1. The molecule has 26 heavy (non-hydrogen) atoms. The lowest BCUT2D eigenvalue weighted by Gasteiger charge is -2.32. The molecule has 0 aliphatic carbocycles. The molecular formula is C18H30BN3O3Si. The standard InChI is InChI=1S/C18H30BN3O3Si/c1-17(2)18(3,4)25-19(24-17)15-11-22(13-23-8-9-26(5,6)7)16-14(15)10-20-12-21-16/h10-12H,8-9,13H2,1-7H3. The van der Waals surface area contributed by atoms with Crippen LogP contribution in [0.3, 0.4) is 0 Å². The van der Waals surface area contributed by atoms with Gasteiger partial charge in [0.2, 0.25) is 0 Å². The normalized spacial score (nSPS) is 19.4. The highest BCUT2D eigenvalue weighted by Crippen LogP contribution is 2.37. The Balaban J connectivity index is 1.82. The van der Waals surface area contributed by atoms with Crippen LogP contribution in [0.15, 0.2) is 18.7 Å². The molecule has 1 aliphatic rings. The summed E-state index contributed by atoms with van der Waals surface area (Å²) >= 11 is 0. The minimum Gasteiger partial charge on any atom is -0.399 e. The largest absolute Gasteiger partial charge is 0.497 e. The second-order valence-electron chi connectivity index (χ2n) is 9.25. The Morgan fingerprint density at radius 3 is 2.42 bits per heavy atom. The summed E-state index contributed by atoms with van der Waals surface area (Å²) < 4.78 is 20.4. The van der Waals surface area contributed by atoms with Crippen LogP contribution < -0.4 is 5.46 Å². The lowest BCUT2D eigenvalue weighted by atomic mass is 9.79. The molecule has 3 rings (SSSR count). The minimum absolute atomic E-state index is 0.379. The third kappa shape index (κ3) is 3.88. The van der Waals surface area contributed by atoms with Crippen LogP contribution in [0.25, 0.3) is 11.0 Å². The highest BCUT2D eigenvalue weighted by molar-refractivity contribution is 6.76. The van der Waals surface area contributed by atoms with E-state index in [-0.39, 0.29) is 11.2 Å². The van der Waals surface area contributed by atoms with Gasteiger partial charge in [0.05, 0.1) is 11.2 Å². The highest BCUT2D eigenvalue weighted by Gasteiger charge is 2.52. The van der Waals surface area contributed by atoms with E-state index < -0.39 is 15.2 Å². The van der Waals surface area contributed by atoms with Gasteiger partial charge in [-0.25, -0.2) is 9.97 Å². The maximum Gasteiger partial charge on any atom is 0.497 e. The van der Waals surface area contributed by atoms with Crippen LogP contribution in [-0.4, -0.2) is 47.5 Å². The van der Waals surface area contributed by atoms with Crippen LogP contribution in [0.4, 0.5) is 0 Å². The van der Waals surface area contributed by atoms with E-state index in [2.05, 4.69) is 57.3 Å². The number of hydrogen-bond acceptors (Lipinski definition) is 5. The summed E-state index contributed by atoms with van der Waals surface area (Å²) in [5.74, 6) is 0. The van der Waals surface area contributed by atoms with Crippen LogP contribution in [0.1, 0.15) is 27.7 Å². The summed E-state index contributed by atoms with van der Waals surface area (Å²) in [6.07, 6.45) is 5.41. The van der Waals surface area contributed by atoms with Gasteiger partial charge >= 0.3 is 7.12 Å². The molecule has 1 saturated heterocycles. The zero-order chi connectivity index (χ0) is 19.2. The third-order valence-electron chi connectivity index (χ3n) is 5.30. The second-order valence-corrected chi connectivity index (χ2v) is 14.9. The lowest BCUT2D eigenvalue weighted by Crippen LogP contribution is -2.41. The fourth-order valence-corrected chi connectivity index (χ4v) is 3.61. The fourth-order valence-electron chi connectivity index (χ4n) is 2.85. The van der Waals surface area contributed by atoms with Crippen molar-refractivity contribution in [3.63, 3.8) is 0 Å². The zero-order valence-electron chi connectivity index (χ0n) is 17.0. The molecule has 1 fully saturated rings. The molecular weight excluding hydrogens is 345 g/mol. The molecule has 8 heteroatoms. The van der Waals surface area contributed by atoms with Crippen molar-refractivity contribution in [3.8, 4) is 0 Å². The van der Waals surface area contributed by atoms with E-state index in [1.165, 1.54) is 0 Å². The molecule has 6 nitrogen and oxygen atoms in total. The van der Waals surface area contributed by atoms with Crippen LogP contribution >= 0.6 is 0 Å². The summed E-state index contributed by atoms with van der Waals surface area (Å²) in [6, 6.07) is 1.14. The van der Waals surface area contributed by atoms with Crippen molar-refractivity contribution in [2.24, 2.45) is 0 Å². The first-order valence-corrected chi connectivity index (χ1v) is 12.9. The van der Waals surface area contributed by atoms with Crippen LogP contribution in [-0.2, 0) is 20.8 Å². The van der Waals surface area contributed by atoms with E-state index in [1.807, 2.05) is 17.0 Å². The van der Waals surface area contributed by atoms with E-state index >= 15 is 0 Å². The monoisotopic (exact) mass is 375 g/mol. The Hall–Kier alpha value is -1.22. The molecule has 1 aliphatic heterocycles. The quantitative estimate of drug-likeness (QED) is 0.574. The summed E-state index contributed by atoms with van der Waals surface area (Å²) in [5, 5.41) is 0.944. The van der Waals surface area contributed by atoms with E-state index in [0.29, 0.717) is 6.73 Å². The summed E-state index contributed by atoms with van der Waals surface area (Å²) in [6.45, 7) is 16.5. The first-order valence-electron chi connectivity index (χ1n) is 9.22. The molecule has 142 valence electrons. The van der Waals surface area contributed by atoms with Crippen molar-refractivity contribution in [3.05, 3.63) is 18.7 Å². The smallest absolute Gasteiger partial charge is 0.399 e. The number of nitrogens with zero attached hydrogens (tertiary/aromatic N) is 3. The Morgan fingerprint density at radius 2 is 1.81 bits per heavy atom. The summed E-state index contributed by atoms with van der Waals surface area (Å²) in [7, 11) is -1.53. The van der Waals surface area contributed by atoms with Gasteiger partial charge in [0.1, 0.15) is 18.7 Å². The highest BCUT2D eigenvalue weighted by atomic mass is 28.3. The van der Waals surface area contributed by atoms with Crippen molar-refractivity contribution >= 4 is 31.7 Å². The predicted octanol–water partition coefficient (Wildman–Crippen LogP) is 3.04. The van der Waals surface area contributed by atoms with Gasteiger partial charge in [-0.15, -0.1) is 0 Å². The van der Waals surface area contributed by atoms with Gasteiger partial charge in [-0.05, 0) is 33.7 Å². The molecule has 0 N–H and O–H groups in total. The zero-order valence-corrected chi connectivity index (χ0v) is 18.0. The molecule has 0 spiro atoms. The molecule has 0 aromatic carbocycles. The van der Waals surface area contributed by atoms with Gasteiger partial charge in [-0.1, -0.05) is 19.6 Å². The molecule has 0 radical (unpaired) electrons. The average molecular weight is 375 g/mol. The van der Waals surface area contributed by atoms with E-state index in [4.69, 9.17) is 14.0 Å². The van der Waals surface area contributed by atoms with Gasteiger partial charge in [-0.2, -0.15) is 0 Å². The molecule has 3 heterocycles. The maximum absolute atomic E-state index is 6.22. The van der Waals surface area contributed by atoms with Gasteiger partial charge in [0.15, 0.2) is 0 Å². The summed E-state index contributed by atoms with van der Waals surface area (Å²) in [4.78, 5) is 8.63. The number of rotatable bonds is 6. The van der Waals surface area contributed by atoms with Crippen molar-refractivity contribution in [2.45, 2.75) is 71.3 Å². The fraction of sp³-hybridized carbons (Fsp3) is 0.667. The lowest BCUT2D eigenvalue weighted by molar-refractivity contribution is 0.00578. The Bertz CT molecular complexity index is 770. The molecule has 2 aromatic heterocycles. The van der Waals surface area contributed by atoms with Crippen molar-refractivity contribution in [2.75, 3.05) is 6.61 Å². The Kier molecular flexibility index (Phi) is 5.07. The van der Waals surface area contributed by atoms with Crippen LogP contribution in [0.2, 0.25) is 25.7 Å². The third-order valence-corrected chi connectivity index (χ3v) is 7.01. The molecule has 0 atom stereocenters. The van der Waals surface area contributed by atoms with E-state index in [1.54, 1.807) is 6.33 Å². The Morgan fingerprint density at radius 1 is 1.15 bits per heavy atom. The Labute approximate surface area is 157 Å². The average Bonchev–Trinajstić information content (AvgIpc) is 2.98. The van der Waals surface area contributed by atoms with Crippen molar-refractivity contribution in [1.82, 2.24) is 14.5 Å². The van der Waals surface area contributed by atoms with Gasteiger partial charge in [0.25, 0.3) is 0 Å². The maximum atomic E-state index is 6.22. The van der Waals surface area contributed by atoms with Crippen LogP contribution in [0.5, 0.6) is 0 Å². The molecule has 0 amide bonds. The second kappa shape index (κ2) is 6.74. The summed E-state index contributed by atoms with van der Waals surface area (Å²) in [5.41, 5.74) is 1.04. The SMILES string of the molecule is CC1(C)OB(c2cn(COCC[Si](C)(C)C)c3ncncc23)OC1(C)C. The van der Waals surface area contributed by atoms with Gasteiger partial charge in [0, 0.05) is 37.9 Å². The van der Waals surface area contributed by atoms with Gasteiger partial charge < -0.3 is 18.6 Å². The van der Waals surface area contributed by atoms with Gasteiger partial charge in [-0.3, -0.25) is 0 Å². The number of fused-ring (bicyclic) bond motifs is 1. The number of aromatic nitrogens is 3. The number of hydrogen-bond donors (Lipinski definition) is 0. The van der Waals surface area contributed by atoms with Crippen molar-refractivity contribution in [1.29, 1.82) is 0 Å². The molecule has 0 unspecified atom stereocenters.